The Hall–Kier alpha value is -2.87. The van der Waals surface area contributed by atoms with Gasteiger partial charge in [0.15, 0.2) is 0 Å². The molecular formula is C22H26BrN3O4. The van der Waals surface area contributed by atoms with Gasteiger partial charge >= 0.3 is 6.09 Å². The van der Waals surface area contributed by atoms with Crippen molar-refractivity contribution < 1.29 is 19.1 Å². The summed E-state index contributed by atoms with van der Waals surface area (Å²) in [6.45, 7) is 5.43. The largest absolute Gasteiger partial charge is 0.444 e. The first-order chi connectivity index (χ1) is 14.1. The molecule has 160 valence electrons. The number of para-hydroxylation sites is 2. The van der Waals surface area contributed by atoms with Crippen molar-refractivity contribution in [3.63, 3.8) is 0 Å². The van der Waals surface area contributed by atoms with E-state index in [1.165, 1.54) is 0 Å². The summed E-state index contributed by atoms with van der Waals surface area (Å²) >= 11 is 3.43. The van der Waals surface area contributed by atoms with Crippen LogP contribution in [0.1, 0.15) is 32.8 Å². The Kier molecular flexibility index (Phi) is 8.41. The number of rotatable bonds is 7. The highest BCUT2D eigenvalue weighted by Gasteiger charge is 2.16. The molecule has 0 saturated heterocycles. The minimum Gasteiger partial charge on any atom is -0.444 e. The van der Waals surface area contributed by atoms with E-state index >= 15 is 0 Å². The van der Waals surface area contributed by atoms with Crippen molar-refractivity contribution in [1.82, 2.24) is 5.32 Å². The SMILES string of the molecule is CC(C)(C)OC(=O)NCCC(=O)Nc1ccccc1NC(=O)Cc1ccccc1Br. The Balaban J connectivity index is 1.88. The molecule has 0 aromatic heterocycles. The first-order valence-corrected chi connectivity index (χ1v) is 10.3. The zero-order valence-electron chi connectivity index (χ0n) is 17.3. The lowest BCUT2D eigenvalue weighted by Gasteiger charge is -2.19. The molecule has 0 aliphatic carbocycles. The zero-order chi connectivity index (χ0) is 22.1. The van der Waals surface area contributed by atoms with Crippen LogP contribution in [-0.4, -0.2) is 30.1 Å². The van der Waals surface area contributed by atoms with E-state index in [-0.39, 0.29) is 31.2 Å². The molecule has 2 aromatic rings. The van der Waals surface area contributed by atoms with E-state index in [4.69, 9.17) is 4.74 Å². The summed E-state index contributed by atoms with van der Waals surface area (Å²) in [6, 6.07) is 14.4. The molecule has 0 spiro atoms. The van der Waals surface area contributed by atoms with Crippen LogP contribution in [0.2, 0.25) is 0 Å². The molecule has 0 saturated carbocycles. The molecule has 0 aliphatic rings. The van der Waals surface area contributed by atoms with Gasteiger partial charge in [-0.25, -0.2) is 4.79 Å². The number of ether oxygens (including phenoxy) is 1. The van der Waals surface area contributed by atoms with Crippen LogP contribution in [0.15, 0.2) is 53.0 Å². The summed E-state index contributed by atoms with van der Waals surface area (Å²) in [5.41, 5.74) is 1.26. The van der Waals surface area contributed by atoms with E-state index in [9.17, 15) is 14.4 Å². The van der Waals surface area contributed by atoms with E-state index < -0.39 is 11.7 Å². The zero-order valence-corrected chi connectivity index (χ0v) is 18.8. The highest BCUT2D eigenvalue weighted by Crippen LogP contribution is 2.22. The van der Waals surface area contributed by atoms with Gasteiger partial charge in [-0.15, -0.1) is 0 Å². The first kappa shape index (κ1) is 23.4. The molecule has 3 N–H and O–H groups in total. The number of amides is 3. The molecule has 0 aliphatic heterocycles. The summed E-state index contributed by atoms with van der Waals surface area (Å²) in [5.74, 6) is -0.492. The first-order valence-electron chi connectivity index (χ1n) is 9.53. The monoisotopic (exact) mass is 475 g/mol. The number of hydrogen-bond acceptors (Lipinski definition) is 4. The number of nitrogens with one attached hydrogen (secondary N) is 3. The third kappa shape index (κ3) is 8.24. The van der Waals surface area contributed by atoms with Gasteiger partial charge in [-0.1, -0.05) is 46.3 Å². The summed E-state index contributed by atoms with van der Waals surface area (Å²) in [5, 5.41) is 8.12. The molecule has 0 atom stereocenters. The van der Waals surface area contributed by atoms with Crippen LogP contribution in [0.5, 0.6) is 0 Å². The van der Waals surface area contributed by atoms with Crippen molar-refractivity contribution in [2.75, 3.05) is 17.2 Å². The number of hydrogen-bond donors (Lipinski definition) is 3. The Morgan fingerprint density at radius 1 is 0.900 bits per heavy atom. The minimum atomic E-state index is -0.598. The maximum atomic E-state index is 12.4. The smallest absolute Gasteiger partial charge is 0.407 e. The Morgan fingerprint density at radius 3 is 2.07 bits per heavy atom. The summed E-state index contributed by atoms with van der Waals surface area (Å²) < 4.78 is 5.99. The van der Waals surface area contributed by atoms with Crippen LogP contribution in [0, 0.1) is 0 Å². The second-order valence-electron chi connectivity index (χ2n) is 7.59. The third-order valence-electron chi connectivity index (χ3n) is 3.80. The van der Waals surface area contributed by atoms with Crippen molar-refractivity contribution in [3.8, 4) is 0 Å². The number of anilines is 2. The molecule has 0 heterocycles. The third-order valence-corrected chi connectivity index (χ3v) is 4.58. The molecule has 3 amide bonds. The van der Waals surface area contributed by atoms with Gasteiger partial charge < -0.3 is 20.7 Å². The topological polar surface area (TPSA) is 96.5 Å². The Labute approximate surface area is 184 Å². The summed E-state index contributed by atoms with van der Waals surface area (Å²) in [7, 11) is 0. The normalized spacial score (nSPS) is 10.8. The molecular weight excluding hydrogens is 450 g/mol. The Morgan fingerprint density at radius 2 is 1.47 bits per heavy atom. The molecule has 0 unspecified atom stereocenters. The summed E-state index contributed by atoms with van der Waals surface area (Å²) in [4.78, 5) is 36.3. The van der Waals surface area contributed by atoms with E-state index in [1.807, 2.05) is 24.3 Å². The van der Waals surface area contributed by atoms with Crippen LogP contribution < -0.4 is 16.0 Å². The van der Waals surface area contributed by atoms with Gasteiger partial charge in [-0.05, 0) is 44.5 Å². The lowest BCUT2D eigenvalue weighted by Crippen LogP contribution is -2.34. The van der Waals surface area contributed by atoms with E-state index in [2.05, 4.69) is 31.9 Å². The maximum absolute atomic E-state index is 12.4. The van der Waals surface area contributed by atoms with Gasteiger partial charge in [0.1, 0.15) is 5.60 Å². The highest BCUT2D eigenvalue weighted by molar-refractivity contribution is 9.10. The van der Waals surface area contributed by atoms with Crippen LogP contribution >= 0.6 is 15.9 Å². The molecule has 0 fully saturated rings. The van der Waals surface area contributed by atoms with Crippen LogP contribution in [-0.2, 0) is 20.7 Å². The van der Waals surface area contributed by atoms with Gasteiger partial charge in [0, 0.05) is 17.4 Å². The van der Waals surface area contributed by atoms with E-state index in [0.717, 1.165) is 10.0 Å². The quantitative estimate of drug-likeness (QED) is 0.549. The van der Waals surface area contributed by atoms with Gasteiger partial charge in [-0.3, -0.25) is 9.59 Å². The average Bonchev–Trinajstić information content (AvgIpc) is 2.64. The number of carbonyl (C=O) groups is 3. The van der Waals surface area contributed by atoms with Gasteiger partial charge in [-0.2, -0.15) is 0 Å². The number of carbonyl (C=O) groups excluding carboxylic acids is 3. The molecule has 0 radical (unpaired) electrons. The van der Waals surface area contributed by atoms with Gasteiger partial charge in [0.05, 0.1) is 17.8 Å². The predicted molar refractivity (Wildman–Crippen MR) is 120 cm³/mol. The van der Waals surface area contributed by atoms with Crippen molar-refractivity contribution >= 4 is 45.2 Å². The standard InChI is InChI=1S/C22H26BrN3O4/c1-22(2,3)30-21(29)24-13-12-19(27)25-17-10-6-7-11-18(17)26-20(28)14-15-8-4-5-9-16(15)23/h4-11H,12-14H2,1-3H3,(H,24,29)(H,25,27)(H,26,28). The minimum absolute atomic E-state index is 0.0679. The van der Waals surface area contributed by atoms with E-state index in [1.54, 1.807) is 45.0 Å². The van der Waals surface area contributed by atoms with Gasteiger partial charge in [0.25, 0.3) is 0 Å². The van der Waals surface area contributed by atoms with Crippen molar-refractivity contribution in [2.45, 2.75) is 39.2 Å². The van der Waals surface area contributed by atoms with Crippen LogP contribution in [0.25, 0.3) is 0 Å². The summed E-state index contributed by atoms with van der Waals surface area (Å²) in [6.07, 6.45) is -0.308. The maximum Gasteiger partial charge on any atom is 0.407 e. The molecule has 0 bridgehead atoms. The molecule has 8 heteroatoms. The van der Waals surface area contributed by atoms with Gasteiger partial charge in [0.2, 0.25) is 11.8 Å². The second-order valence-corrected chi connectivity index (χ2v) is 8.44. The van der Waals surface area contributed by atoms with Crippen molar-refractivity contribution in [1.29, 1.82) is 0 Å². The van der Waals surface area contributed by atoms with Crippen LogP contribution in [0.4, 0.5) is 16.2 Å². The number of halogens is 1. The molecule has 7 nitrogen and oxygen atoms in total. The van der Waals surface area contributed by atoms with Crippen LogP contribution in [0.3, 0.4) is 0 Å². The second kappa shape index (κ2) is 10.8. The predicted octanol–water partition coefficient (Wildman–Crippen LogP) is 4.48. The fourth-order valence-electron chi connectivity index (χ4n) is 2.52. The number of benzene rings is 2. The lowest BCUT2D eigenvalue weighted by molar-refractivity contribution is -0.116. The average molecular weight is 476 g/mol. The molecule has 2 aromatic carbocycles. The van der Waals surface area contributed by atoms with Crippen molar-refractivity contribution in [3.05, 3.63) is 58.6 Å². The highest BCUT2D eigenvalue weighted by atomic mass is 79.9. The molecule has 30 heavy (non-hydrogen) atoms. The fraction of sp³-hybridized carbons (Fsp3) is 0.318. The lowest BCUT2D eigenvalue weighted by atomic mass is 10.1. The molecule has 2 rings (SSSR count). The number of alkyl carbamates (subject to hydrolysis) is 1. The van der Waals surface area contributed by atoms with E-state index in [0.29, 0.717) is 11.4 Å². The fourth-order valence-corrected chi connectivity index (χ4v) is 2.94. The Bertz CT molecular complexity index is 909. The van der Waals surface area contributed by atoms with Crippen molar-refractivity contribution in [2.24, 2.45) is 0 Å².